The van der Waals surface area contributed by atoms with Gasteiger partial charge >= 0.3 is 0 Å². The maximum Gasteiger partial charge on any atom is 0.224 e. The van der Waals surface area contributed by atoms with Crippen LogP contribution < -0.4 is 24.8 Å². The normalized spacial score (nSPS) is 10.5. The van der Waals surface area contributed by atoms with E-state index in [1.165, 1.54) is 0 Å². The molecule has 2 N–H and O–H groups in total. The Morgan fingerprint density at radius 2 is 1.72 bits per heavy atom. The molecule has 0 aliphatic heterocycles. The summed E-state index contributed by atoms with van der Waals surface area (Å²) in [5.74, 6) is 3.61. The summed E-state index contributed by atoms with van der Waals surface area (Å²) in [6.45, 7) is 5.21. The maximum absolute atomic E-state index is 5.37. The Hall–Kier alpha value is -2.70. The van der Waals surface area contributed by atoms with Crippen molar-refractivity contribution in [2.24, 2.45) is 5.92 Å². The van der Waals surface area contributed by atoms with E-state index >= 15 is 0 Å². The second kappa shape index (κ2) is 8.96. The van der Waals surface area contributed by atoms with Gasteiger partial charge in [-0.1, -0.05) is 13.8 Å². The third-order valence-electron chi connectivity index (χ3n) is 3.60. The fourth-order valence-electron chi connectivity index (χ4n) is 2.29. The summed E-state index contributed by atoms with van der Waals surface area (Å²) in [5.41, 5.74) is 0.779. The lowest BCUT2D eigenvalue weighted by atomic mass is 10.1. The first-order valence-corrected chi connectivity index (χ1v) is 8.21. The number of methoxy groups -OCH3 is 3. The fraction of sp³-hybridized carbons (Fsp3) is 0.444. The average molecular weight is 346 g/mol. The van der Waals surface area contributed by atoms with Crippen LogP contribution in [-0.4, -0.2) is 37.8 Å². The topological polar surface area (TPSA) is 77.5 Å². The monoisotopic (exact) mass is 346 g/mol. The molecule has 2 rings (SSSR count). The molecule has 0 bridgehead atoms. The SMILES string of the molecule is COc1cc(Nc2ccnc(NCCC(C)C)n2)cc(OC)c1OC. The molecule has 1 aromatic carbocycles. The molecule has 136 valence electrons. The summed E-state index contributed by atoms with van der Waals surface area (Å²) in [5, 5.41) is 6.47. The number of rotatable bonds is 9. The van der Waals surface area contributed by atoms with Crippen molar-refractivity contribution in [3.05, 3.63) is 24.4 Å². The maximum atomic E-state index is 5.37. The van der Waals surface area contributed by atoms with Gasteiger partial charge in [0.15, 0.2) is 11.5 Å². The highest BCUT2D eigenvalue weighted by atomic mass is 16.5. The quantitative estimate of drug-likeness (QED) is 0.717. The molecule has 0 aliphatic rings. The van der Waals surface area contributed by atoms with E-state index in [1.54, 1.807) is 33.6 Å². The zero-order chi connectivity index (χ0) is 18.2. The molecule has 0 unspecified atom stereocenters. The lowest BCUT2D eigenvalue weighted by Gasteiger charge is -2.15. The molecule has 7 nitrogen and oxygen atoms in total. The van der Waals surface area contributed by atoms with Gasteiger partial charge in [-0.05, 0) is 18.4 Å². The van der Waals surface area contributed by atoms with Gasteiger partial charge in [-0.25, -0.2) is 4.98 Å². The third kappa shape index (κ3) is 5.14. The molecular weight excluding hydrogens is 320 g/mol. The number of hydrogen-bond donors (Lipinski definition) is 2. The first-order chi connectivity index (χ1) is 12.1. The standard InChI is InChI=1S/C18H26N4O3/c1-12(2)6-8-19-18-20-9-7-16(22-18)21-13-10-14(23-3)17(25-5)15(11-13)24-4/h7,9-12H,6,8H2,1-5H3,(H2,19,20,21,22). The van der Waals surface area contributed by atoms with Crippen molar-refractivity contribution in [3.8, 4) is 17.2 Å². The van der Waals surface area contributed by atoms with Crippen LogP contribution in [0.5, 0.6) is 17.2 Å². The van der Waals surface area contributed by atoms with Crippen molar-refractivity contribution in [1.82, 2.24) is 9.97 Å². The van der Waals surface area contributed by atoms with E-state index in [-0.39, 0.29) is 0 Å². The second-order valence-electron chi connectivity index (χ2n) is 5.91. The van der Waals surface area contributed by atoms with Crippen LogP contribution in [0.3, 0.4) is 0 Å². The van der Waals surface area contributed by atoms with Crippen LogP contribution in [-0.2, 0) is 0 Å². The van der Waals surface area contributed by atoms with Gasteiger partial charge < -0.3 is 24.8 Å². The van der Waals surface area contributed by atoms with Gasteiger partial charge in [-0.15, -0.1) is 0 Å². The van der Waals surface area contributed by atoms with E-state index in [9.17, 15) is 0 Å². The molecule has 2 aromatic rings. The van der Waals surface area contributed by atoms with Crippen LogP contribution in [0.1, 0.15) is 20.3 Å². The summed E-state index contributed by atoms with van der Waals surface area (Å²) >= 11 is 0. The van der Waals surface area contributed by atoms with Gasteiger partial charge in [0.05, 0.1) is 21.3 Å². The van der Waals surface area contributed by atoms with Crippen LogP contribution in [0.4, 0.5) is 17.5 Å². The van der Waals surface area contributed by atoms with E-state index in [1.807, 2.05) is 12.1 Å². The summed E-state index contributed by atoms with van der Waals surface area (Å²) in [6, 6.07) is 5.46. The largest absolute Gasteiger partial charge is 0.493 e. The summed E-state index contributed by atoms with van der Waals surface area (Å²) in [4.78, 5) is 8.71. The van der Waals surface area contributed by atoms with E-state index in [2.05, 4.69) is 34.4 Å². The highest BCUT2D eigenvalue weighted by molar-refractivity contribution is 5.66. The smallest absolute Gasteiger partial charge is 0.224 e. The Balaban J connectivity index is 2.16. The Bertz CT molecular complexity index is 667. The molecule has 0 radical (unpaired) electrons. The van der Waals surface area contributed by atoms with Gasteiger partial charge in [0.2, 0.25) is 11.7 Å². The van der Waals surface area contributed by atoms with E-state index in [4.69, 9.17) is 14.2 Å². The van der Waals surface area contributed by atoms with Crippen molar-refractivity contribution in [3.63, 3.8) is 0 Å². The highest BCUT2D eigenvalue weighted by Gasteiger charge is 2.13. The van der Waals surface area contributed by atoms with Crippen LogP contribution in [0, 0.1) is 5.92 Å². The summed E-state index contributed by atoms with van der Waals surface area (Å²) in [7, 11) is 4.75. The minimum absolute atomic E-state index is 0.550. The number of nitrogens with one attached hydrogen (secondary N) is 2. The fourth-order valence-corrected chi connectivity index (χ4v) is 2.29. The first-order valence-electron chi connectivity index (χ1n) is 8.21. The third-order valence-corrected chi connectivity index (χ3v) is 3.60. The molecule has 0 aliphatic carbocycles. The minimum Gasteiger partial charge on any atom is -0.493 e. The van der Waals surface area contributed by atoms with E-state index in [0.717, 1.165) is 18.7 Å². The predicted molar refractivity (Wildman–Crippen MR) is 99.4 cm³/mol. The number of ether oxygens (including phenoxy) is 3. The van der Waals surface area contributed by atoms with Gasteiger partial charge in [0.25, 0.3) is 0 Å². The van der Waals surface area contributed by atoms with Crippen molar-refractivity contribution >= 4 is 17.5 Å². The number of aromatic nitrogens is 2. The number of hydrogen-bond acceptors (Lipinski definition) is 7. The van der Waals surface area contributed by atoms with Gasteiger partial charge in [-0.2, -0.15) is 4.98 Å². The average Bonchev–Trinajstić information content (AvgIpc) is 2.60. The van der Waals surface area contributed by atoms with Crippen molar-refractivity contribution in [1.29, 1.82) is 0 Å². The number of nitrogens with zero attached hydrogens (tertiary/aromatic N) is 2. The van der Waals surface area contributed by atoms with Crippen molar-refractivity contribution < 1.29 is 14.2 Å². The highest BCUT2D eigenvalue weighted by Crippen LogP contribution is 2.40. The van der Waals surface area contributed by atoms with Crippen LogP contribution >= 0.6 is 0 Å². The van der Waals surface area contributed by atoms with Crippen molar-refractivity contribution in [2.75, 3.05) is 38.5 Å². The zero-order valence-corrected chi connectivity index (χ0v) is 15.4. The molecule has 7 heteroatoms. The van der Waals surface area contributed by atoms with Crippen molar-refractivity contribution in [2.45, 2.75) is 20.3 Å². The summed E-state index contributed by atoms with van der Waals surface area (Å²) < 4.78 is 16.1. The Labute approximate surface area is 148 Å². The Kier molecular flexibility index (Phi) is 6.68. The van der Waals surface area contributed by atoms with E-state index in [0.29, 0.717) is 34.9 Å². The molecule has 0 amide bonds. The zero-order valence-electron chi connectivity index (χ0n) is 15.4. The molecule has 0 spiro atoms. The molecule has 25 heavy (non-hydrogen) atoms. The van der Waals surface area contributed by atoms with Gasteiger partial charge in [-0.3, -0.25) is 0 Å². The molecule has 1 aromatic heterocycles. The Morgan fingerprint density at radius 1 is 1.04 bits per heavy atom. The molecule has 0 saturated carbocycles. The lowest BCUT2D eigenvalue weighted by Crippen LogP contribution is -2.08. The molecule has 0 atom stereocenters. The van der Waals surface area contributed by atoms with E-state index < -0.39 is 0 Å². The van der Waals surface area contributed by atoms with Crippen LogP contribution in [0.15, 0.2) is 24.4 Å². The van der Waals surface area contributed by atoms with Crippen LogP contribution in [0.2, 0.25) is 0 Å². The Morgan fingerprint density at radius 3 is 2.28 bits per heavy atom. The molecule has 0 fully saturated rings. The lowest BCUT2D eigenvalue weighted by molar-refractivity contribution is 0.324. The second-order valence-corrected chi connectivity index (χ2v) is 5.91. The number of benzene rings is 1. The first kappa shape index (κ1) is 18.6. The molecule has 1 heterocycles. The van der Waals surface area contributed by atoms with Gasteiger partial charge in [0, 0.05) is 30.6 Å². The van der Waals surface area contributed by atoms with Crippen LogP contribution in [0.25, 0.3) is 0 Å². The predicted octanol–water partition coefficient (Wildman–Crippen LogP) is 3.70. The minimum atomic E-state index is 0.550. The van der Waals surface area contributed by atoms with Gasteiger partial charge in [0.1, 0.15) is 5.82 Å². The summed E-state index contributed by atoms with van der Waals surface area (Å²) in [6.07, 6.45) is 2.78. The molecule has 0 saturated heterocycles. The molecular formula is C18H26N4O3. The number of anilines is 3.